The van der Waals surface area contributed by atoms with E-state index < -0.39 is 56.1 Å². The number of esters is 1. The second-order valence-electron chi connectivity index (χ2n) is 8.85. The number of alkyl halides is 2. The van der Waals surface area contributed by atoms with Crippen molar-refractivity contribution in [2.45, 2.75) is 57.7 Å². The zero-order chi connectivity index (χ0) is 25.1. The maximum atomic E-state index is 16.1. The molecular weight excluding hydrogens is 477 g/mol. The molecule has 6 atom stereocenters. The number of aromatic nitrogens is 4. The molecule has 34 heavy (non-hydrogen) atoms. The first-order valence-corrected chi connectivity index (χ1v) is 12.4. The number of nitrogens with one attached hydrogen (secondary N) is 1. The third-order valence-electron chi connectivity index (χ3n) is 5.60. The first kappa shape index (κ1) is 24.7. The zero-order valence-corrected chi connectivity index (χ0v) is 20.2. The summed E-state index contributed by atoms with van der Waals surface area (Å²) < 4.78 is 67.4. The normalized spacial score (nSPS) is 34.2. The van der Waals surface area contributed by atoms with Crippen molar-refractivity contribution >= 4 is 36.5 Å². The third kappa shape index (κ3) is 4.12. The summed E-state index contributed by atoms with van der Waals surface area (Å²) in [4.78, 5) is 24.4. The van der Waals surface area contributed by atoms with Gasteiger partial charge in [-0.25, -0.2) is 13.8 Å². The molecule has 188 valence electrons. The highest BCUT2D eigenvalue weighted by Gasteiger charge is 2.70. The van der Waals surface area contributed by atoms with Crippen LogP contribution in [0, 0.1) is 5.92 Å². The van der Waals surface area contributed by atoms with Gasteiger partial charge in [0.05, 0.1) is 24.5 Å². The van der Waals surface area contributed by atoms with E-state index in [9.17, 15) is 9.36 Å². The average molecular weight is 504 g/mol. The van der Waals surface area contributed by atoms with Crippen LogP contribution in [0.1, 0.15) is 33.9 Å². The summed E-state index contributed by atoms with van der Waals surface area (Å²) in [5.74, 6) is -4.10. The van der Waals surface area contributed by atoms with Crippen LogP contribution in [0.5, 0.6) is 0 Å². The lowest BCUT2D eigenvalue weighted by Gasteiger charge is -2.37. The second kappa shape index (κ2) is 8.36. The number of carbonyl (C=O) groups excluding carboxylic acids is 1. The smallest absolute Gasteiger partial charge is 0.332 e. The lowest BCUT2D eigenvalue weighted by atomic mass is 9.97. The van der Waals surface area contributed by atoms with E-state index >= 15 is 8.78 Å². The summed E-state index contributed by atoms with van der Waals surface area (Å²) in [5, 5.41) is 2.81. The highest BCUT2D eigenvalue weighted by atomic mass is 31.2. The quantitative estimate of drug-likeness (QED) is 0.441. The number of ether oxygens (including phenoxy) is 2. The highest BCUT2D eigenvalue weighted by molar-refractivity contribution is 7.54. The van der Waals surface area contributed by atoms with E-state index in [0.717, 1.165) is 6.92 Å². The van der Waals surface area contributed by atoms with Gasteiger partial charge in [0.1, 0.15) is 6.61 Å². The highest BCUT2D eigenvalue weighted by Crippen LogP contribution is 2.63. The Labute approximate surface area is 194 Å². The molecule has 2 aliphatic rings. The number of hydrogen-bond acceptors (Lipinski definition) is 11. The van der Waals surface area contributed by atoms with E-state index in [0.29, 0.717) is 5.82 Å². The molecule has 2 aromatic rings. The molecule has 0 aliphatic carbocycles. The molecule has 0 radical (unpaired) electrons. The van der Waals surface area contributed by atoms with Gasteiger partial charge in [-0.2, -0.15) is 9.97 Å². The van der Waals surface area contributed by atoms with Crippen molar-refractivity contribution in [1.82, 2.24) is 19.5 Å². The molecule has 4 rings (SSSR count). The average Bonchev–Trinajstić information content (AvgIpc) is 3.24. The second-order valence-corrected chi connectivity index (χ2v) is 10.9. The van der Waals surface area contributed by atoms with E-state index in [1.807, 2.05) is 0 Å². The Morgan fingerprint density at radius 3 is 2.76 bits per heavy atom. The summed E-state index contributed by atoms with van der Waals surface area (Å²) in [6.07, 6.45) is -3.10. The fraction of sp³-hybridized carbons (Fsp3) is 0.684. The van der Waals surface area contributed by atoms with Crippen LogP contribution in [-0.2, 0) is 27.9 Å². The van der Waals surface area contributed by atoms with Gasteiger partial charge in [-0.3, -0.25) is 18.5 Å². The van der Waals surface area contributed by atoms with Crippen LogP contribution >= 0.6 is 7.60 Å². The molecule has 0 saturated carbocycles. The standard InChI is InChI=1S/C19H27F2N6O6P/c1-9(2)31-14(28)10(3)6-34(29)30-7-19(21)15(33-34)18(4,20)16(32-19)27-8-24-11-12(23-5)25-17(22)26-13(11)27/h8-10,15-16H,6-7H2,1-5H3,(H3,22,23,25,26)/t10-,15+,16-,18-,19-,34?/m1/s1. The van der Waals surface area contributed by atoms with Gasteiger partial charge in [-0.15, -0.1) is 0 Å². The third-order valence-corrected chi connectivity index (χ3v) is 7.65. The Kier molecular flexibility index (Phi) is 6.08. The van der Waals surface area contributed by atoms with E-state index in [4.69, 9.17) is 24.3 Å². The number of carbonyl (C=O) groups is 1. The Morgan fingerprint density at radius 2 is 2.12 bits per heavy atom. The minimum atomic E-state index is -4.07. The van der Waals surface area contributed by atoms with E-state index in [2.05, 4.69) is 20.3 Å². The number of imidazole rings is 1. The SMILES string of the molecule is CNc1nc(N)nc2c1ncn2[C@@H]1O[C@]2(F)COP(=O)(C[C@@H](C)C(=O)OC(C)C)O[C@H]2[C@@]1(C)F. The number of rotatable bonds is 6. The van der Waals surface area contributed by atoms with E-state index in [1.54, 1.807) is 20.9 Å². The molecule has 2 aromatic heterocycles. The Morgan fingerprint density at radius 1 is 1.41 bits per heavy atom. The molecule has 2 saturated heterocycles. The van der Waals surface area contributed by atoms with E-state index in [-0.39, 0.29) is 23.2 Å². The molecule has 15 heteroatoms. The minimum Gasteiger partial charge on any atom is -0.463 e. The van der Waals surface area contributed by atoms with Crippen LogP contribution < -0.4 is 11.1 Å². The molecule has 12 nitrogen and oxygen atoms in total. The number of fused-ring (bicyclic) bond motifs is 2. The van der Waals surface area contributed by atoms with Gasteiger partial charge in [0.15, 0.2) is 35.0 Å². The molecule has 2 fully saturated rings. The molecule has 0 amide bonds. The minimum absolute atomic E-state index is 0.0992. The van der Waals surface area contributed by atoms with Crippen molar-refractivity contribution in [2.75, 3.05) is 30.9 Å². The summed E-state index contributed by atoms with van der Waals surface area (Å²) >= 11 is 0. The molecule has 3 N–H and O–H groups in total. The van der Waals surface area contributed by atoms with Gasteiger partial charge in [0.2, 0.25) is 5.95 Å². The summed E-state index contributed by atoms with van der Waals surface area (Å²) in [6.45, 7) is 5.01. The monoisotopic (exact) mass is 504 g/mol. The van der Waals surface area contributed by atoms with Gasteiger partial charge >= 0.3 is 13.6 Å². The van der Waals surface area contributed by atoms with Gasteiger partial charge in [-0.1, -0.05) is 6.92 Å². The van der Waals surface area contributed by atoms with Gasteiger partial charge in [-0.05, 0) is 20.8 Å². The van der Waals surface area contributed by atoms with Crippen molar-refractivity contribution in [3.05, 3.63) is 6.33 Å². The predicted octanol–water partition coefficient (Wildman–Crippen LogP) is 2.57. The van der Waals surface area contributed by atoms with Crippen LogP contribution in [-0.4, -0.2) is 69.0 Å². The van der Waals surface area contributed by atoms with E-state index in [1.165, 1.54) is 17.8 Å². The maximum Gasteiger partial charge on any atom is 0.332 e. The lowest BCUT2D eigenvalue weighted by Crippen LogP contribution is -2.51. The predicted molar refractivity (Wildman–Crippen MR) is 116 cm³/mol. The van der Waals surface area contributed by atoms with Crippen LogP contribution in [0.3, 0.4) is 0 Å². The fourth-order valence-corrected chi connectivity index (χ4v) is 6.17. The molecular formula is C19H27F2N6O6P. The summed E-state index contributed by atoms with van der Waals surface area (Å²) in [6, 6.07) is 0. The number of hydrogen-bond donors (Lipinski definition) is 2. The molecule has 0 aromatic carbocycles. The Bertz CT molecular complexity index is 1160. The molecule has 0 spiro atoms. The summed E-state index contributed by atoms with van der Waals surface area (Å²) in [5.41, 5.74) is 3.57. The maximum absolute atomic E-state index is 16.1. The van der Waals surface area contributed by atoms with Crippen molar-refractivity contribution in [3.63, 3.8) is 0 Å². The zero-order valence-electron chi connectivity index (χ0n) is 19.3. The molecule has 0 bridgehead atoms. The first-order chi connectivity index (χ1) is 15.8. The van der Waals surface area contributed by atoms with Gasteiger partial charge in [0.25, 0.3) is 5.85 Å². The number of nitrogens with two attached hydrogens (primary N) is 1. The lowest BCUT2D eigenvalue weighted by molar-refractivity contribution is -0.214. The number of anilines is 2. The van der Waals surface area contributed by atoms with Crippen molar-refractivity contribution in [1.29, 1.82) is 0 Å². The number of halogens is 2. The Balaban J connectivity index is 1.63. The first-order valence-electron chi connectivity index (χ1n) is 10.7. The summed E-state index contributed by atoms with van der Waals surface area (Å²) in [7, 11) is -2.48. The Hall–Kier alpha value is -2.41. The van der Waals surface area contributed by atoms with Crippen LogP contribution in [0.2, 0.25) is 0 Å². The van der Waals surface area contributed by atoms with Crippen LogP contribution in [0.4, 0.5) is 20.5 Å². The fourth-order valence-electron chi connectivity index (χ4n) is 4.04. The van der Waals surface area contributed by atoms with Gasteiger partial charge < -0.3 is 25.0 Å². The van der Waals surface area contributed by atoms with Crippen LogP contribution in [0.25, 0.3) is 11.2 Å². The van der Waals surface area contributed by atoms with Crippen LogP contribution in [0.15, 0.2) is 6.33 Å². The molecule has 2 aliphatic heterocycles. The molecule has 1 unspecified atom stereocenters. The van der Waals surface area contributed by atoms with Crippen molar-refractivity contribution < 1.29 is 36.7 Å². The number of nitrogen functional groups attached to an aromatic ring is 1. The number of nitrogens with zero attached hydrogens (tertiary/aromatic N) is 4. The van der Waals surface area contributed by atoms with Gasteiger partial charge in [0, 0.05) is 7.05 Å². The van der Waals surface area contributed by atoms with Crippen molar-refractivity contribution in [3.8, 4) is 0 Å². The molecule has 4 heterocycles. The largest absolute Gasteiger partial charge is 0.463 e. The topological polar surface area (TPSA) is 153 Å². The van der Waals surface area contributed by atoms with Crippen molar-refractivity contribution in [2.24, 2.45) is 5.92 Å².